The van der Waals surface area contributed by atoms with Gasteiger partial charge in [0.25, 0.3) is 0 Å². The van der Waals surface area contributed by atoms with Gasteiger partial charge in [-0.3, -0.25) is 4.79 Å². The maximum absolute atomic E-state index is 11.2. The number of carbonyl (C=O) groups is 2. The lowest BCUT2D eigenvalue weighted by Crippen LogP contribution is -2.17. The van der Waals surface area contributed by atoms with Gasteiger partial charge in [0.1, 0.15) is 6.61 Å². The van der Waals surface area contributed by atoms with E-state index in [1.165, 1.54) is 19.2 Å². The Morgan fingerprint density at radius 1 is 1.50 bits per heavy atom. The van der Waals surface area contributed by atoms with Crippen LogP contribution in [0.25, 0.3) is 0 Å². The van der Waals surface area contributed by atoms with Crippen LogP contribution in [0.4, 0.5) is 5.69 Å². The maximum atomic E-state index is 11.2. The number of carbonyl (C=O) groups excluding carboxylic acids is 1. The number of aromatic carboxylic acids is 1. The predicted molar refractivity (Wildman–Crippen MR) is 61.6 cm³/mol. The molecule has 0 bridgehead atoms. The summed E-state index contributed by atoms with van der Waals surface area (Å²) >= 11 is 3.21. The van der Waals surface area contributed by atoms with Gasteiger partial charge in [-0.1, -0.05) is 0 Å². The maximum Gasteiger partial charge on any atom is 0.335 e. The van der Waals surface area contributed by atoms with Crippen LogP contribution in [-0.2, 0) is 9.53 Å². The zero-order chi connectivity index (χ0) is 12.1. The molecule has 1 amide bonds. The molecule has 0 aliphatic rings. The first-order valence-corrected chi connectivity index (χ1v) is 5.15. The average molecular weight is 288 g/mol. The van der Waals surface area contributed by atoms with Crippen LogP contribution >= 0.6 is 15.9 Å². The second-order valence-corrected chi connectivity index (χ2v) is 3.84. The summed E-state index contributed by atoms with van der Waals surface area (Å²) in [5, 5.41) is 11.3. The smallest absolute Gasteiger partial charge is 0.335 e. The Kier molecular flexibility index (Phi) is 4.45. The van der Waals surface area contributed by atoms with Gasteiger partial charge in [0, 0.05) is 11.6 Å². The van der Waals surface area contributed by atoms with Crippen molar-refractivity contribution < 1.29 is 19.4 Å². The molecule has 1 aromatic carbocycles. The molecule has 1 rings (SSSR count). The Morgan fingerprint density at radius 3 is 2.75 bits per heavy atom. The minimum atomic E-state index is -1.05. The van der Waals surface area contributed by atoms with Gasteiger partial charge in [0.05, 0.1) is 11.3 Å². The molecule has 5 nitrogen and oxygen atoms in total. The van der Waals surface area contributed by atoms with Crippen LogP contribution in [0.2, 0.25) is 0 Å². The van der Waals surface area contributed by atoms with Gasteiger partial charge in [-0.05, 0) is 34.1 Å². The lowest BCUT2D eigenvalue weighted by molar-refractivity contribution is -0.119. The van der Waals surface area contributed by atoms with Crippen molar-refractivity contribution in [2.45, 2.75) is 0 Å². The molecule has 0 aliphatic heterocycles. The number of methoxy groups -OCH3 is 1. The number of carboxylic acids is 1. The van der Waals surface area contributed by atoms with Crippen molar-refractivity contribution in [3.8, 4) is 0 Å². The van der Waals surface area contributed by atoms with E-state index in [9.17, 15) is 9.59 Å². The molecule has 0 aromatic heterocycles. The summed E-state index contributed by atoms with van der Waals surface area (Å²) < 4.78 is 5.26. The third-order valence-electron chi connectivity index (χ3n) is 1.76. The van der Waals surface area contributed by atoms with E-state index in [2.05, 4.69) is 26.0 Å². The molecule has 86 valence electrons. The zero-order valence-electron chi connectivity index (χ0n) is 8.49. The summed E-state index contributed by atoms with van der Waals surface area (Å²) in [7, 11) is 1.41. The molecule has 0 spiro atoms. The number of hydrogen-bond acceptors (Lipinski definition) is 3. The van der Waals surface area contributed by atoms with Crippen molar-refractivity contribution >= 4 is 33.5 Å². The molecule has 0 fully saturated rings. The summed E-state index contributed by atoms with van der Waals surface area (Å²) in [4.78, 5) is 22.0. The quantitative estimate of drug-likeness (QED) is 0.884. The van der Waals surface area contributed by atoms with Gasteiger partial charge >= 0.3 is 5.97 Å². The van der Waals surface area contributed by atoms with E-state index < -0.39 is 5.97 Å². The van der Waals surface area contributed by atoms with Crippen molar-refractivity contribution in [2.24, 2.45) is 0 Å². The number of anilines is 1. The standard InChI is InChI=1S/C10H10BrNO4/c1-16-5-9(13)12-8-4-6(10(14)15)2-3-7(8)11/h2-4H,5H2,1H3,(H,12,13)(H,14,15). The highest BCUT2D eigenvalue weighted by atomic mass is 79.9. The molecule has 0 unspecified atom stereocenters. The largest absolute Gasteiger partial charge is 0.478 e. The highest BCUT2D eigenvalue weighted by Crippen LogP contribution is 2.23. The van der Waals surface area contributed by atoms with Crippen molar-refractivity contribution in [3.05, 3.63) is 28.2 Å². The molecule has 0 radical (unpaired) electrons. The van der Waals surface area contributed by atoms with Gasteiger partial charge in [-0.2, -0.15) is 0 Å². The molecule has 16 heavy (non-hydrogen) atoms. The molecule has 0 heterocycles. The number of carboxylic acid groups (broad SMARTS) is 1. The SMILES string of the molecule is COCC(=O)Nc1cc(C(=O)O)ccc1Br. The summed E-state index contributed by atoms with van der Waals surface area (Å²) in [6.45, 7) is -0.0796. The monoisotopic (exact) mass is 287 g/mol. The normalized spacial score (nSPS) is 9.88. The van der Waals surface area contributed by atoms with Crippen LogP contribution in [0, 0.1) is 0 Å². The van der Waals surface area contributed by atoms with Crippen LogP contribution in [-0.4, -0.2) is 30.7 Å². The fraction of sp³-hybridized carbons (Fsp3) is 0.200. The van der Waals surface area contributed by atoms with E-state index in [1.54, 1.807) is 6.07 Å². The Morgan fingerprint density at radius 2 is 2.19 bits per heavy atom. The summed E-state index contributed by atoms with van der Waals surface area (Å²) in [6, 6.07) is 4.38. The Hall–Kier alpha value is -1.40. The minimum absolute atomic E-state index is 0.0796. The van der Waals surface area contributed by atoms with Crippen LogP contribution in [0.3, 0.4) is 0 Å². The highest BCUT2D eigenvalue weighted by Gasteiger charge is 2.09. The molecule has 0 atom stereocenters. The van der Waals surface area contributed by atoms with E-state index in [0.29, 0.717) is 10.2 Å². The number of benzene rings is 1. The topological polar surface area (TPSA) is 75.6 Å². The fourth-order valence-electron chi connectivity index (χ4n) is 1.07. The molecule has 2 N–H and O–H groups in total. The number of amides is 1. The second-order valence-electron chi connectivity index (χ2n) is 2.98. The van der Waals surface area contributed by atoms with E-state index in [-0.39, 0.29) is 18.1 Å². The van der Waals surface area contributed by atoms with E-state index in [1.807, 2.05) is 0 Å². The van der Waals surface area contributed by atoms with Gasteiger partial charge in [-0.25, -0.2) is 4.79 Å². The third-order valence-corrected chi connectivity index (χ3v) is 2.45. The summed E-state index contributed by atoms with van der Waals surface area (Å²) in [5.74, 6) is -1.39. The highest BCUT2D eigenvalue weighted by molar-refractivity contribution is 9.10. The van der Waals surface area contributed by atoms with Crippen LogP contribution < -0.4 is 5.32 Å². The summed E-state index contributed by atoms with van der Waals surface area (Å²) in [5.41, 5.74) is 0.512. The molecule has 0 aliphatic carbocycles. The number of ether oxygens (including phenoxy) is 1. The first-order valence-electron chi connectivity index (χ1n) is 4.36. The first kappa shape index (κ1) is 12.7. The lowest BCUT2D eigenvalue weighted by Gasteiger charge is -2.07. The van der Waals surface area contributed by atoms with Crippen LogP contribution in [0.1, 0.15) is 10.4 Å². The molecule has 0 saturated carbocycles. The van der Waals surface area contributed by atoms with Gasteiger partial charge in [0.15, 0.2) is 0 Å². The van der Waals surface area contributed by atoms with Crippen LogP contribution in [0.15, 0.2) is 22.7 Å². The lowest BCUT2D eigenvalue weighted by atomic mass is 10.2. The van der Waals surface area contributed by atoms with E-state index in [0.717, 1.165) is 0 Å². The number of rotatable bonds is 4. The Labute approximate surface area is 101 Å². The molecular formula is C10H10BrNO4. The van der Waals surface area contributed by atoms with Gasteiger partial charge < -0.3 is 15.2 Å². The molecule has 0 saturated heterocycles. The number of hydrogen-bond donors (Lipinski definition) is 2. The van der Waals surface area contributed by atoms with Crippen molar-refractivity contribution in [1.82, 2.24) is 0 Å². The predicted octanol–water partition coefficient (Wildman–Crippen LogP) is 1.73. The molecule has 1 aromatic rings. The van der Waals surface area contributed by atoms with Crippen molar-refractivity contribution in [1.29, 1.82) is 0 Å². The van der Waals surface area contributed by atoms with E-state index in [4.69, 9.17) is 5.11 Å². The van der Waals surface area contributed by atoms with E-state index >= 15 is 0 Å². The second kappa shape index (κ2) is 5.62. The summed E-state index contributed by atoms with van der Waals surface area (Å²) in [6.07, 6.45) is 0. The first-order chi connectivity index (χ1) is 7.54. The Bertz CT molecular complexity index is 419. The molecule has 6 heteroatoms. The van der Waals surface area contributed by atoms with Crippen molar-refractivity contribution in [2.75, 3.05) is 19.0 Å². The third kappa shape index (κ3) is 3.32. The zero-order valence-corrected chi connectivity index (χ0v) is 10.1. The number of halogens is 1. The fourth-order valence-corrected chi connectivity index (χ4v) is 1.42. The van der Waals surface area contributed by atoms with Crippen molar-refractivity contribution in [3.63, 3.8) is 0 Å². The van der Waals surface area contributed by atoms with Crippen LogP contribution in [0.5, 0.6) is 0 Å². The minimum Gasteiger partial charge on any atom is -0.478 e. The molecular weight excluding hydrogens is 278 g/mol. The van der Waals surface area contributed by atoms with Gasteiger partial charge in [0.2, 0.25) is 5.91 Å². The number of nitrogens with one attached hydrogen (secondary N) is 1. The Balaban J connectivity index is 2.90. The average Bonchev–Trinajstić information content (AvgIpc) is 2.21. The van der Waals surface area contributed by atoms with Gasteiger partial charge in [-0.15, -0.1) is 0 Å².